The number of hydrogen-bond acceptors (Lipinski definition) is 1. The van der Waals surface area contributed by atoms with Crippen LogP contribution in [-0.2, 0) is 0 Å². The van der Waals surface area contributed by atoms with Gasteiger partial charge in [0.2, 0.25) is 0 Å². The molecule has 0 radical (unpaired) electrons. The summed E-state index contributed by atoms with van der Waals surface area (Å²) in [6.07, 6.45) is -3.11. The molecule has 0 aromatic carbocycles. The van der Waals surface area contributed by atoms with Gasteiger partial charge >= 0.3 is 6.18 Å². The van der Waals surface area contributed by atoms with E-state index in [9.17, 15) is 13.2 Å². The Morgan fingerprint density at radius 3 is 2.23 bits per heavy atom. The van der Waals surface area contributed by atoms with E-state index in [2.05, 4.69) is 0 Å². The second-order valence-corrected chi connectivity index (χ2v) is 3.66. The Hall–Kier alpha value is -0.250. The smallest absolute Gasteiger partial charge is 0.328 e. The van der Waals surface area contributed by atoms with Crippen molar-refractivity contribution in [1.82, 2.24) is 0 Å². The van der Waals surface area contributed by atoms with Crippen molar-refractivity contribution in [1.29, 1.82) is 0 Å². The second-order valence-electron chi connectivity index (χ2n) is 3.66. The quantitative estimate of drug-likeness (QED) is 0.720. The average molecular weight is 197 g/mol. The monoisotopic (exact) mass is 197 g/mol. The number of alkyl halides is 3. The molecule has 0 aliphatic rings. The highest BCUT2D eigenvalue weighted by atomic mass is 19.4. The van der Waals surface area contributed by atoms with Crippen molar-refractivity contribution in [3.05, 3.63) is 0 Å². The zero-order chi connectivity index (χ0) is 10.5. The fourth-order valence-electron chi connectivity index (χ4n) is 1.15. The molecule has 1 nitrogen and oxygen atoms in total. The first-order valence-corrected chi connectivity index (χ1v) is 4.67. The van der Waals surface area contributed by atoms with Crippen LogP contribution in [0, 0.1) is 5.92 Å². The standard InChI is InChI=1S/C9H18F3N/c1-3-7(2)6-8(13)4-5-9(10,11)12/h7-8H,3-6,13H2,1-2H3. The third-order valence-corrected chi connectivity index (χ3v) is 2.20. The van der Waals surface area contributed by atoms with Gasteiger partial charge < -0.3 is 5.73 Å². The highest BCUT2D eigenvalue weighted by Gasteiger charge is 2.27. The number of nitrogens with two attached hydrogens (primary N) is 1. The Morgan fingerprint density at radius 1 is 1.31 bits per heavy atom. The van der Waals surface area contributed by atoms with Crippen LogP contribution in [0.15, 0.2) is 0 Å². The lowest BCUT2D eigenvalue weighted by molar-refractivity contribution is -0.136. The van der Waals surface area contributed by atoms with Gasteiger partial charge in [0.25, 0.3) is 0 Å². The summed E-state index contributed by atoms with van der Waals surface area (Å²) < 4.78 is 35.3. The Balaban J connectivity index is 3.57. The maximum absolute atomic E-state index is 11.8. The van der Waals surface area contributed by atoms with Gasteiger partial charge in [0.15, 0.2) is 0 Å². The number of hydrogen-bond donors (Lipinski definition) is 1. The summed E-state index contributed by atoms with van der Waals surface area (Å²) in [5.74, 6) is 0.420. The van der Waals surface area contributed by atoms with Crippen molar-refractivity contribution >= 4 is 0 Å². The summed E-state index contributed by atoms with van der Waals surface area (Å²) in [7, 11) is 0. The third kappa shape index (κ3) is 8.09. The summed E-state index contributed by atoms with van der Waals surface area (Å²) >= 11 is 0. The maximum atomic E-state index is 11.8. The first-order chi connectivity index (χ1) is 5.85. The van der Waals surface area contributed by atoms with E-state index in [4.69, 9.17) is 5.73 Å². The van der Waals surface area contributed by atoms with Gasteiger partial charge in [-0.2, -0.15) is 13.2 Å². The molecule has 0 rings (SSSR count). The third-order valence-electron chi connectivity index (χ3n) is 2.20. The van der Waals surface area contributed by atoms with Crippen LogP contribution in [0.5, 0.6) is 0 Å². The number of halogens is 3. The van der Waals surface area contributed by atoms with E-state index in [-0.39, 0.29) is 12.5 Å². The molecule has 0 aliphatic carbocycles. The molecule has 4 heteroatoms. The van der Waals surface area contributed by atoms with Crippen LogP contribution in [0.4, 0.5) is 13.2 Å². The van der Waals surface area contributed by atoms with Gasteiger partial charge in [-0.05, 0) is 18.8 Å². The van der Waals surface area contributed by atoms with Crippen molar-refractivity contribution in [3.8, 4) is 0 Å². The van der Waals surface area contributed by atoms with Gasteiger partial charge in [0, 0.05) is 12.5 Å². The Kier molecular flexibility index (Phi) is 5.37. The molecule has 0 aliphatic heterocycles. The topological polar surface area (TPSA) is 26.0 Å². The molecule has 13 heavy (non-hydrogen) atoms. The molecule has 0 fully saturated rings. The molecule has 0 bridgehead atoms. The lowest BCUT2D eigenvalue weighted by Gasteiger charge is -2.16. The van der Waals surface area contributed by atoms with E-state index < -0.39 is 12.6 Å². The van der Waals surface area contributed by atoms with Crippen molar-refractivity contribution in [3.63, 3.8) is 0 Å². The maximum Gasteiger partial charge on any atom is 0.389 e. The van der Waals surface area contributed by atoms with Crippen LogP contribution in [0.2, 0.25) is 0 Å². The van der Waals surface area contributed by atoms with Crippen LogP contribution in [-0.4, -0.2) is 12.2 Å². The predicted octanol–water partition coefficient (Wildman–Crippen LogP) is 3.09. The summed E-state index contributed by atoms with van der Waals surface area (Å²) in [6.45, 7) is 4.02. The van der Waals surface area contributed by atoms with E-state index in [1.807, 2.05) is 13.8 Å². The zero-order valence-corrected chi connectivity index (χ0v) is 8.19. The highest BCUT2D eigenvalue weighted by Crippen LogP contribution is 2.23. The minimum Gasteiger partial charge on any atom is -0.328 e. The molecule has 2 N–H and O–H groups in total. The molecule has 0 amide bonds. The summed E-state index contributed by atoms with van der Waals surface area (Å²) in [4.78, 5) is 0. The lowest BCUT2D eigenvalue weighted by atomic mass is 9.97. The van der Waals surface area contributed by atoms with E-state index >= 15 is 0 Å². The zero-order valence-electron chi connectivity index (χ0n) is 8.19. The summed E-state index contributed by atoms with van der Waals surface area (Å²) in [5, 5.41) is 0. The average Bonchev–Trinajstić information content (AvgIpc) is 1.99. The van der Waals surface area contributed by atoms with Crippen molar-refractivity contribution < 1.29 is 13.2 Å². The Labute approximate surface area is 77.5 Å². The van der Waals surface area contributed by atoms with Gasteiger partial charge in [0.1, 0.15) is 0 Å². The summed E-state index contributed by atoms with van der Waals surface area (Å²) in [6, 6.07) is -0.309. The normalized spacial score (nSPS) is 17.1. The minimum atomic E-state index is -4.06. The molecule has 0 spiro atoms. The second kappa shape index (κ2) is 5.47. The molecule has 0 heterocycles. The molecule has 0 saturated carbocycles. The molecular weight excluding hydrogens is 179 g/mol. The van der Waals surface area contributed by atoms with Gasteiger partial charge in [0.05, 0.1) is 0 Å². The Bertz CT molecular complexity index is 133. The van der Waals surface area contributed by atoms with Crippen molar-refractivity contribution in [2.24, 2.45) is 11.7 Å². The van der Waals surface area contributed by atoms with Crippen molar-refractivity contribution in [2.75, 3.05) is 0 Å². The van der Waals surface area contributed by atoms with Gasteiger partial charge in [-0.1, -0.05) is 20.3 Å². The van der Waals surface area contributed by atoms with Gasteiger partial charge in [-0.25, -0.2) is 0 Å². The molecule has 2 unspecified atom stereocenters. The van der Waals surface area contributed by atoms with E-state index in [1.54, 1.807) is 0 Å². The van der Waals surface area contributed by atoms with Crippen LogP contribution in [0.1, 0.15) is 39.5 Å². The summed E-state index contributed by atoms with van der Waals surface area (Å²) in [5.41, 5.74) is 5.56. The molecular formula is C9H18F3N. The van der Waals surface area contributed by atoms with Gasteiger partial charge in [-0.3, -0.25) is 0 Å². The Morgan fingerprint density at radius 2 is 1.85 bits per heavy atom. The predicted molar refractivity (Wildman–Crippen MR) is 47.3 cm³/mol. The van der Waals surface area contributed by atoms with Gasteiger partial charge in [-0.15, -0.1) is 0 Å². The van der Waals surface area contributed by atoms with E-state index in [1.165, 1.54) is 0 Å². The fraction of sp³-hybridized carbons (Fsp3) is 1.00. The van der Waals surface area contributed by atoms with Crippen LogP contribution < -0.4 is 5.73 Å². The van der Waals surface area contributed by atoms with Crippen LogP contribution >= 0.6 is 0 Å². The molecule has 0 saturated heterocycles. The first kappa shape index (κ1) is 12.8. The SMILES string of the molecule is CCC(C)CC(N)CCC(F)(F)F. The molecule has 0 aromatic heterocycles. The largest absolute Gasteiger partial charge is 0.389 e. The lowest BCUT2D eigenvalue weighted by Crippen LogP contribution is -2.25. The minimum absolute atomic E-state index is 0.0494. The van der Waals surface area contributed by atoms with Crippen LogP contribution in [0.3, 0.4) is 0 Å². The molecule has 80 valence electrons. The molecule has 2 atom stereocenters. The van der Waals surface area contributed by atoms with E-state index in [0.717, 1.165) is 6.42 Å². The van der Waals surface area contributed by atoms with Crippen LogP contribution in [0.25, 0.3) is 0 Å². The first-order valence-electron chi connectivity index (χ1n) is 4.67. The van der Waals surface area contributed by atoms with E-state index in [0.29, 0.717) is 12.3 Å². The highest BCUT2D eigenvalue weighted by molar-refractivity contribution is 4.67. The van der Waals surface area contributed by atoms with Crippen molar-refractivity contribution in [2.45, 2.75) is 51.7 Å². The fourth-order valence-corrected chi connectivity index (χ4v) is 1.15. The number of rotatable bonds is 5. The molecule has 0 aromatic rings.